The van der Waals surface area contributed by atoms with E-state index in [4.69, 9.17) is 5.73 Å². The second kappa shape index (κ2) is 3.75. The number of aromatic amines is 1. The number of aromatic nitrogens is 3. The zero-order chi connectivity index (χ0) is 11.0. The lowest BCUT2D eigenvalue weighted by Gasteiger charge is -2.24. The van der Waals surface area contributed by atoms with Gasteiger partial charge in [-0.05, 0) is 18.9 Å². The predicted octanol–water partition coefficient (Wildman–Crippen LogP) is 0.885. The number of anilines is 1. The summed E-state index contributed by atoms with van der Waals surface area (Å²) >= 11 is 0. The Hall–Kier alpha value is -1.62. The molecule has 1 aliphatic heterocycles. The van der Waals surface area contributed by atoms with Crippen molar-refractivity contribution in [2.75, 3.05) is 18.0 Å². The maximum absolute atomic E-state index is 5.79. The summed E-state index contributed by atoms with van der Waals surface area (Å²) in [6, 6.07) is 2.45. The molecule has 16 heavy (non-hydrogen) atoms. The van der Waals surface area contributed by atoms with Gasteiger partial charge in [-0.2, -0.15) is 0 Å². The number of H-pyrrole nitrogens is 1. The maximum atomic E-state index is 5.79. The molecule has 1 saturated heterocycles. The summed E-state index contributed by atoms with van der Waals surface area (Å²) < 4.78 is 0. The van der Waals surface area contributed by atoms with Gasteiger partial charge in [-0.3, -0.25) is 0 Å². The first kappa shape index (κ1) is 9.59. The second-order valence-corrected chi connectivity index (χ2v) is 4.16. The molecule has 0 saturated carbocycles. The fourth-order valence-corrected chi connectivity index (χ4v) is 2.45. The number of hydrogen-bond donors (Lipinski definition) is 2. The van der Waals surface area contributed by atoms with Crippen LogP contribution in [-0.2, 0) is 0 Å². The number of fused-ring (bicyclic) bond motifs is 1. The normalized spacial score (nSPS) is 20.8. The van der Waals surface area contributed by atoms with Gasteiger partial charge >= 0.3 is 0 Å². The van der Waals surface area contributed by atoms with Crippen molar-refractivity contribution in [1.82, 2.24) is 15.0 Å². The molecule has 0 amide bonds. The molecule has 0 spiro atoms. The minimum absolute atomic E-state index is 0.424. The second-order valence-electron chi connectivity index (χ2n) is 4.16. The first-order valence-electron chi connectivity index (χ1n) is 5.65. The Morgan fingerprint density at radius 2 is 2.44 bits per heavy atom. The van der Waals surface area contributed by atoms with Crippen LogP contribution >= 0.6 is 0 Å². The highest BCUT2D eigenvalue weighted by Crippen LogP contribution is 2.28. The Kier molecular flexibility index (Phi) is 2.25. The summed E-state index contributed by atoms with van der Waals surface area (Å²) in [4.78, 5) is 14.0. The molecule has 5 heteroatoms. The molecule has 0 unspecified atom stereocenters. The van der Waals surface area contributed by atoms with E-state index >= 15 is 0 Å². The summed E-state index contributed by atoms with van der Waals surface area (Å²) in [6.07, 6.45) is 5.86. The molecule has 3 N–H and O–H groups in total. The summed E-state index contributed by atoms with van der Waals surface area (Å²) in [5.41, 5.74) is 6.68. The molecular formula is C11H15N5. The first-order valence-corrected chi connectivity index (χ1v) is 5.65. The average molecular weight is 217 g/mol. The van der Waals surface area contributed by atoms with E-state index in [0.29, 0.717) is 12.6 Å². The SMILES string of the molecule is NC[C@H]1CCCN1c1ncnc2[nH]ccc12. The van der Waals surface area contributed by atoms with Gasteiger partial charge in [-0.25, -0.2) is 9.97 Å². The van der Waals surface area contributed by atoms with E-state index in [1.54, 1.807) is 6.33 Å². The lowest BCUT2D eigenvalue weighted by molar-refractivity contribution is 0.673. The third-order valence-corrected chi connectivity index (χ3v) is 3.25. The Morgan fingerprint density at radius 3 is 3.31 bits per heavy atom. The monoisotopic (exact) mass is 217 g/mol. The molecule has 0 aromatic carbocycles. The average Bonchev–Trinajstić information content (AvgIpc) is 2.96. The van der Waals surface area contributed by atoms with Crippen molar-refractivity contribution in [3.8, 4) is 0 Å². The predicted molar refractivity (Wildman–Crippen MR) is 63.3 cm³/mol. The zero-order valence-electron chi connectivity index (χ0n) is 9.06. The van der Waals surface area contributed by atoms with Gasteiger partial charge in [0.1, 0.15) is 17.8 Å². The molecular weight excluding hydrogens is 202 g/mol. The fourth-order valence-electron chi connectivity index (χ4n) is 2.45. The van der Waals surface area contributed by atoms with Crippen molar-refractivity contribution < 1.29 is 0 Å². The van der Waals surface area contributed by atoms with Crippen LogP contribution in [0.5, 0.6) is 0 Å². The van der Waals surface area contributed by atoms with E-state index in [0.717, 1.165) is 29.8 Å². The Bertz CT molecular complexity index is 492. The number of nitrogens with two attached hydrogens (primary N) is 1. The molecule has 2 aromatic heterocycles. The Balaban J connectivity index is 2.07. The van der Waals surface area contributed by atoms with E-state index in [2.05, 4.69) is 19.9 Å². The third kappa shape index (κ3) is 1.36. The van der Waals surface area contributed by atoms with Crippen LogP contribution in [0.15, 0.2) is 18.6 Å². The largest absolute Gasteiger partial charge is 0.352 e. The topological polar surface area (TPSA) is 70.8 Å². The Morgan fingerprint density at radius 1 is 1.50 bits per heavy atom. The minimum atomic E-state index is 0.424. The molecule has 0 radical (unpaired) electrons. The molecule has 84 valence electrons. The van der Waals surface area contributed by atoms with Crippen LogP contribution in [0.25, 0.3) is 11.0 Å². The van der Waals surface area contributed by atoms with Gasteiger partial charge in [0.15, 0.2) is 0 Å². The van der Waals surface area contributed by atoms with Gasteiger partial charge in [0.05, 0.1) is 5.39 Å². The van der Waals surface area contributed by atoms with Gasteiger partial charge in [-0.15, -0.1) is 0 Å². The summed E-state index contributed by atoms with van der Waals surface area (Å²) in [6.45, 7) is 1.73. The van der Waals surface area contributed by atoms with Crippen molar-refractivity contribution >= 4 is 16.9 Å². The number of rotatable bonds is 2. The van der Waals surface area contributed by atoms with Gasteiger partial charge < -0.3 is 15.6 Å². The smallest absolute Gasteiger partial charge is 0.142 e. The molecule has 3 rings (SSSR count). The van der Waals surface area contributed by atoms with Crippen LogP contribution in [0.2, 0.25) is 0 Å². The summed E-state index contributed by atoms with van der Waals surface area (Å²) in [5.74, 6) is 1.01. The summed E-state index contributed by atoms with van der Waals surface area (Å²) in [5, 5.41) is 1.09. The number of hydrogen-bond acceptors (Lipinski definition) is 4. The number of nitrogens with one attached hydrogen (secondary N) is 1. The molecule has 2 aromatic rings. The van der Waals surface area contributed by atoms with Crippen molar-refractivity contribution in [1.29, 1.82) is 0 Å². The lowest BCUT2D eigenvalue weighted by Crippen LogP contribution is -2.36. The van der Waals surface area contributed by atoms with Crippen molar-refractivity contribution in [3.05, 3.63) is 18.6 Å². The van der Waals surface area contributed by atoms with Gasteiger partial charge in [-0.1, -0.05) is 0 Å². The quantitative estimate of drug-likeness (QED) is 0.783. The van der Waals surface area contributed by atoms with Crippen LogP contribution in [0.1, 0.15) is 12.8 Å². The lowest BCUT2D eigenvalue weighted by atomic mass is 10.2. The molecule has 0 aliphatic carbocycles. The maximum Gasteiger partial charge on any atom is 0.142 e. The molecule has 3 heterocycles. The van der Waals surface area contributed by atoms with E-state index in [1.165, 1.54) is 6.42 Å². The Labute approximate surface area is 93.7 Å². The standard InChI is InChI=1S/C11H15N5/c12-6-8-2-1-5-16(8)11-9-3-4-13-10(9)14-7-15-11/h3-4,7-8H,1-2,5-6,12H2,(H,13,14,15)/t8-/m1/s1. The minimum Gasteiger partial charge on any atom is -0.352 e. The van der Waals surface area contributed by atoms with Gasteiger partial charge in [0.25, 0.3) is 0 Å². The van der Waals surface area contributed by atoms with Crippen LogP contribution in [0.3, 0.4) is 0 Å². The highest BCUT2D eigenvalue weighted by molar-refractivity contribution is 5.87. The van der Waals surface area contributed by atoms with E-state index in [1.807, 2.05) is 12.3 Å². The number of nitrogens with zero attached hydrogens (tertiary/aromatic N) is 3. The van der Waals surface area contributed by atoms with Crippen LogP contribution in [0.4, 0.5) is 5.82 Å². The van der Waals surface area contributed by atoms with Crippen LogP contribution in [-0.4, -0.2) is 34.1 Å². The van der Waals surface area contributed by atoms with E-state index < -0.39 is 0 Å². The van der Waals surface area contributed by atoms with Gasteiger partial charge in [0, 0.05) is 25.3 Å². The molecule has 5 nitrogen and oxygen atoms in total. The van der Waals surface area contributed by atoms with E-state index in [-0.39, 0.29) is 0 Å². The highest BCUT2D eigenvalue weighted by Gasteiger charge is 2.25. The fraction of sp³-hybridized carbons (Fsp3) is 0.455. The van der Waals surface area contributed by atoms with Crippen molar-refractivity contribution in [3.63, 3.8) is 0 Å². The van der Waals surface area contributed by atoms with Gasteiger partial charge in [0.2, 0.25) is 0 Å². The van der Waals surface area contributed by atoms with E-state index in [9.17, 15) is 0 Å². The highest BCUT2D eigenvalue weighted by atomic mass is 15.2. The van der Waals surface area contributed by atoms with Crippen LogP contribution < -0.4 is 10.6 Å². The zero-order valence-corrected chi connectivity index (χ0v) is 9.06. The first-order chi connectivity index (χ1) is 7.90. The molecule has 1 fully saturated rings. The summed E-state index contributed by atoms with van der Waals surface area (Å²) in [7, 11) is 0. The molecule has 1 aliphatic rings. The molecule has 0 bridgehead atoms. The van der Waals surface area contributed by atoms with Crippen molar-refractivity contribution in [2.24, 2.45) is 5.73 Å². The third-order valence-electron chi connectivity index (χ3n) is 3.25. The molecule has 1 atom stereocenters. The van der Waals surface area contributed by atoms with Crippen LogP contribution in [0, 0.1) is 0 Å². The van der Waals surface area contributed by atoms with Crippen molar-refractivity contribution in [2.45, 2.75) is 18.9 Å².